The van der Waals surface area contributed by atoms with Crippen LogP contribution in [0.15, 0.2) is 121 Å². The molecule has 2 heterocycles. The van der Waals surface area contributed by atoms with Gasteiger partial charge in [0.25, 0.3) is 0 Å². The SMILES string of the molecule is N#Cc1cc(C#N)cc(-c2ccccc2-n2c3ccccc3c3c4ccccc4n(-c4ccccc4)c32)c1. The second kappa shape index (κ2) is 8.52. The fourth-order valence-electron chi connectivity index (χ4n) is 5.61. The lowest BCUT2D eigenvalue weighted by Crippen LogP contribution is -2.03. The van der Waals surface area contributed by atoms with Crippen molar-refractivity contribution in [3.8, 4) is 34.6 Å². The Morgan fingerprint density at radius 1 is 0.526 bits per heavy atom. The smallest absolute Gasteiger partial charge is 0.131 e. The molecule has 0 aliphatic heterocycles. The average molecular weight is 485 g/mol. The van der Waals surface area contributed by atoms with E-state index in [1.165, 1.54) is 16.2 Å². The lowest BCUT2D eigenvalue weighted by molar-refractivity contribution is 1.07. The first kappa shape index (κ1) is 21.7. The molecule has 0 bridgehead atoms. The Bertz CT molecular complexity index is 2060. The molecule has 0 fully saturated rings. The number of hydrogen-bond donors (Lipinski definition) is 0. The van der Waals surface area contributed by atoms with Gasteiger partial charge in [0.05, 0.1) is 40.0 Å². The fraction of sp³-hybridized carbons (Fsp3) is 0. The average Bonchev–Trinajstić information content (AvgIpc) is 3.50. The van der Waals surface area contributed by atoms with Gasteiger partial charge in [-0.25, -0.2) is 0 Å². The zero-order valence-electron chi connectivity index (χ0n) is 20.3. The summed E-state index contributed by atoms with van der Waals surface area (Å²) in [6.45, 7) is 0. The van der Waals surface area contributed by atoms with Crippen LogP contribution in [0.1, 0.15) is 11.1 Å². The molecule has 5 aromatic carbocycles. The van der Waals surface area contributed by atoms with Crippen molar-refractivity contribution in [3.63, 3.8) is 0 Å². The van der Waals surface area contributed by atoms with E-state index in [0.717, 1.165) is 39.2 Å². The number of benzene rings is 5. The molecule has 2 aromatic heterocycles. The zero-order chi connectivity index (χ0) is 25.6. The first-order chi connectivity index (χ1) is 18.8. The summed E-state index contributed by atoms with van der Waals surface area (Å²) >= 11 is 0. The monoisotopic (exact) mass is 484 g/mol. The van der Waals surface area contributed by atoms with Crippen LogP contribution in [0, 0.1) is 22.7 Å². The van der Waals surface area contributed by atoms with E-state index in [1.807, 2.05) is 30.3 Å². The highest BCUT2D eigenvalue weighted by Crippen LogP contribution is 2.42. The fourth-order valence-corrected chi connectivity index (χ4v) is 5.61. The van der Waals surface area contributed by atoms with E-state index in [4.69, 9.17) is 0 Å². The Labute approximate surface area is 219 Å². The molecule has 0 aliphatic rings. The second-order valence-corrected chi connectivity index (χ2v) is 9.28. The molecule has 0 unspecified atom stereocenters. The van der Waals surface area contributed by atoms with Crippen LogP contribution in [0.4, 0.5) is 0 Å². The van der Waals surface area contributed by atoms with Gasteiger partial charge >= 0.3 is 0 Å². The number of nitriles is 2. The van der Waals surface area contributed by atoms with Crippen LogP contribution >= 0.6 is 0 Å². The standard InChI is InChI=1S/C34H20N4/c35-21-23-18-24(22-36)20-25(19-23)27-12-4-7-15-30(27)38-32-17-9-6-14-29(32)33-28-13-5-8-16-31(28)37(34(33)38)26-10-2-1-3-11-26/h1-20H. The van der Waals surface area contributed by atoms with Crippen molar-refractivity contribution in [2.24, 2.45) is 0 Å². The third kappa shape index (κ3) is 3.15. The summed E-state index contributed by atoms with van der Waals surface area (Å²) in [7, 11) is 0. The molecule has 0 amide bonds. The van der Waals surface area contributed by atoms with Gasteiger partial charge in [0.2, 0.25) is 0 Å². The topological polar surface area (TPSA) is 57.4 Å². The first-order valence-electron chi connectivity index (χ1n) is 12.4. The summed E-state index contributed by atoms with van der Waals surface area (Å²) in [4.78, 5) is 0. The largest absolute Gasteiger partial charge is 0.295 e. The highest BCUT2D eigenvalue weighted by atomic mass is 15.1. The van der Waals surface area contributed by atoms with Crippen LogP contribution in [0.3, 0.4) is 0 Å². The quantitative estimate of drug-likeness (QED) is 0.254. The van der Waals surface area contributed by atoms with Crippen LogP contribution in [-0.4, -0.2) is 9.13 Å². The van der Waals surface area contributed by atoms with Crippen molar-refractivity contribution in [1.29, 1.82) is 10.5 Å². The highest BCUT2D eigenvalue weighted by molar-refractivity contribution is 6.22. The third-order valence-corrected chi connectivity index (χ3v) is 7.14. The Kier molecular flexibility index (Phi) is 4.86. The molecule has 0 saturated carbocycles. The number of rotatable bonds is 3. The van der Waals surface area contributed by atoms with Gasteiger partial charge in [-0.3, -0.25) is 9.13 Å². The van der Waals surface area contributed by atoms with E-state index in [2.05, 4.69) is 106 Å². The number of nitrogens with zero attached hydrogens (tertiary/aromatic N) is 4. The van der Waals surface area contributed by atoms with E-state index in [1.54, 1.807) is 6.07 Å². The summed E-state index contributed by atoms with van der Waals surface area (Å²) in [5.41, 5.74) is 8.10. The van der Waals surface area contributed by atoms with Gasteiger partial charge < -0.3 is 0 Å². The zero-order valence-corrected chi connectivity index (χ0v) is 20.3. The molecule has 0 N–H and O–H groups in total. The van der Waals surface area contributed by atoms with Crippen molar-refractivity contribution in [2.75, 3.05) is 0 Å². The molecule has 0 aliphatic carbocycles. The molecule has 7 aromatic rings. The summed E-state index contributed by atoms with van der Waals surface area (Å²) < 4.78 is 4.64. The van der Waals surface area contributed by atoms with Crippen LogP contribution in [0.5, 0.6) is 0 Å². The van der Waals surface area contributed by atoms with Gasteiger partial charge in [-0.2, -0.15) is 10.5 Å². The summed E-state index contributed by atoms with van der Waals surface area (Å²) in [6.07, 6.45) is 0. The molecule has 0 spiro atoms. The number of hydrogen-bond acceptors (Lipinski definition) is 2. The molecular formula is C34H20N4. The van der Waals surface area contributed by atoms with Crippen molar-refractivity contribution in [1.82, 2.24) is 9.13 Å². The van der Waals surface area contributed by atoms with E-state index in [-0.39, 0.29) is 0 Å². The third-order valence-electron chi connectivity index (χ3n) is 7.14. The lowest BCUT2D eigenvalue weighted by atomic mass is 9.99. The number of aromatic nitrogens is 2. The van der Waals surface area contributed by atoms with E-state index in [9.17, 15) is 10.5 Å². The van der Waals surface area contributed by atoms with Crippen LogP contribution in [-0.2, 0) is 0 Å². The van der Waals surface area contributed by atoms with Gasteiger partial charge in [0.1, 0.15) is 5.65 Å². The van der Waals surface area contributed by atoms with Gasteiger partial charge in [-0.1, -0.05) is 72.8 Å². The van der Waals surface area contributed by atoms with Crippen LogP contribution < -0.4 is 0 Å². The maximum Gasteiger partial charge on any atom is 0.131 e. The molecule has 4 nitrogen and oxygen atoms in total. The van der Waals surface area contributed by atoms with Gasteiger partial charge in [0.15, 0.2) is 0 Å². The lowest BCUT2D eigenvalue weighted by Gasteiger charge is -2.16. The van der Waals surface area contributed by atoms with E-state index >= 15 is 0 Å². The van der Waals surface area contributed by atoms with E-state index < -0.39 is 0 Å². The molecule has 4 heteroatoms. The van der Waals surface area contributed by atoms with Gasteiger partial charge in [0, 0.05) is 27.4 Å². The minimum atomic E-state index is 0.467. The molecular weight excluding hydrogens is 464 g/mol. The number of para-hydroxylation sites is 4. The van der Waals surface area contributed by atoms with Crippen molar-refractivity contribution in [3.05, 3.63) is 132 Å². The molecule has 7 rings (SSSR count). The maximum atomic E-state index is 9.64. The molecule has 0 radical (unpaired) electrons. The summed E-state index contributed by atoms with van der Waals surface area (Å²) in [5, 5.41) is 22.8. The molecule has 176 valence electrons. The maximum absolute atomic E-state index is 9.64. The normalized spacial score (nSPS) is 11.1. The van der Waals surface area contributed by atoms with Crippen molar-refractivity contribution < 1.29 is 0 Å². The predicted molar refractivity (Wildman–Crippen MR) is 152 cm³/mol. The van der Waals surface area contributed by atoms with Gasteiger partial charge in [-0.15, -0.1) is 0 Å². The Hall–Kier alpha value is -5.58. The van der Waals surface area contributed by atoms with E-state index in [0.29, 0.717) is 11.1 Å². The van der Waals surface area contributed by atoms with Crippen LogP contribution in [0.25, 0.3) is 55.3 Å². The Morgan fingerprint density at radius 2 is 1.08 bits per heavy atom. The Morgan fingerprint density at radius 3 is 1.74 bits per heavy atom. The predicted octanol–water partition coefficient (Wildman–Crippen LogP) is 8.14. The molecule has 38 heavy (non-hydrogen) atoms. The highest BCUT2D eigenvalue weighted by Gasteiger charge is 2.23. The first-order valence-corrected chi connectivity index (χ1v) is 12.4. The van der Waals surface area contributed by atoms with Crippen LogP contribution in [0.2, 0.25) is 0 Å². The second-order valence-electron chi connectivity index (χ2n) is 9.28. The van der Waals surface area contributed by atoms with Crippen molar-refractivity contribution in [2.45, 2.75) is 0 Å². The van der Waals surface area contributed by atoms with Crippen molar-refractivity contribution >= 4 is 32.8 Å². The summed E-state index contributed by atoms with van der Waals surface area (Å²) in [6, 6.07) is 45.4. The molecule has 0 atom stereocenters. The minimum absolute atomic E-state index is 0.467. The minimum Gasteiger partial charge on any atom is -0.295 e. The van der Waals surface area contributed by atoms with Gasteiger partial charge in [-0.05, 0) is 54.1 Å². The Balaban J connectivity index is 1.67. The molecule has 0 saturated heterocycles. The number of fused-ring (bicyclic) bond motifs is 5. The summed E-state index contributed by atoms with van der Waals surface area (Å²) in [5.74, 6) is 0.